The number of fused-ring (bicyclic) bond motifs is 3. The third-order valence-corrected chi connectivity index (χ3v) is 4.32. The smallest absolute Gasteiger partial charge is 0.307 e. The van der Waals surface area contributed by atoms with Crippen LogP contribution in [0.5, 0.6) is 0 Å². The molecule has 0 fully saturated rings. The molecule has 0 radical (unpaired) electrons. The second-order valence-electron chi connectivity index (χ2n) is 5.61. The Balaban J connectivity index is 2.20. The molecule has 22 heavy (non-hydrogen) atoms. The first-order valence-electron chi connectivity index (χ1n) is 7.19. The molecule has 1 aliphatic carbocycles. The number of carboxylic acids is 2. The first kappa shape index (κ1) is 14.3. The Kier molecular flexibility index (Phi) is 3.67. The molecular weight excluding hydrogens is 280 g/mol. The summed E-state index contributed by atoms with van der Waals surface area (Å²) in [5.74, 6) is -3.96. The highest BCUT2D eigenvalue weighted by Gasteiger charge is 2.36. The predicted molar refractivity (Wildman–Crippen MR) is 81.5 cm³/mol. The lowest BCUT2D eigenvalue weighted by atomic mass is 9.77. The molecule has 0 amide bonds. The van der Waals surface area contributed by atoms with Crippen LogP contribution in [0.1, 0.15) is 11.1 Å². The van der Waals surface area contributed by atoms with Crippen molar-refractivity contribution in [2.45, 2.75) is 12.8 Å². The molecule has 4 heteroatoms. The molecule has 112 valence electrons. The van der Waals surface area contributed by atoms with Crippen molar-refractivity contribution in [1.82, 2.24) is 0 Å². The molecule has 0 aromatic heterocycles. The number of hydrogen-bond acceptors (Lipinski definition) is 2. The maximum Gasteiger partial charge on any atom is 0.307 e. The summed E-state index contributed by atoms with van der Waals surface area (Å²) in [7, 11) is 0. The van der Waals surface area contributed by atoms with Gasteiger partial charge in [-0.1, -0.05) is 48.5 Å². The van der Waals surface area contributed by atoms with Crippen LogP contribution < -0.4 is 0 Å². The summed E-state index contributed by atoms with van der Waals surface area (Å²) < 4.78 is 0. The molecule has 0 saturated heterocycles. The SMILES string of the molecule is O=C(O)[C@H]1Cc2ccccc2-c2ccccc2C[C@@H]1C(=O)O. The van der Waals surface area contributed by atoms with Crippen molar-refractivity contribution in [1.29, 1.82) is 0 Å². The summed E-state index contributed by atoms with van der Waals surface area (Å²) in [5, 5.41) is 19.0. The molecule has 2 atom stereocenters. The van der Waals surface area contributed by atoms with Crippen LogP contribution >= 0.6 is 0 Å². The summed E-state index contributed by atoms with van der Waals surface area (Å²) in [6.45, 7) is 0. The summed E-state index contributed by atoms with van der Waals surface area (Å²) in [4.78, 5) is 23.2. The minimum absolute atomic E-state index is 0.233. The number of aliphatic carboxylic acids is 2. The van der Waals surface area contributed by atoms with E-state index in [0.717, 1.165) is 22.3 Å². The number of carboxylic acid groups (broad SMARTS) is 2. The second-order valence-corrected chi connectivity index (χ2v) is 5.61. The van der Waals surface area contributed by atoms with Crippen LogP contribution in [0.4, 0.5) is 0 Å². The molecular formula is C18H16O4. The van der Waals surface area contributed by atoms with E-state index in [9.17, 15) is 19.8 Å². The Morgan fingerprint density at radius 2 is 1.09 bits per heavy atom. The molecule has 0 saturated carbocycles. The molecule has 2 aromatic rings. The average Bonchev–Trinajstić information content (AvgIpc) is 2.49. The monoisotopic (exact) mass is 296 g/mol. The summed E-state index contributed by atoms with van der Waals surface area (Å²) in [6, 6.07) is 15.2. The van der Waals surface area contributed by atoms with E-state index in [4.69, 9.17) is 0 Å². The zero-order chi connectivity index (χ0) is 15.7. The van der Waals surface area contributed by atoms with Crippen molar-refractivity contribution in [2.75, 3.05) is 0 Å². The molecule has 0 unspecified atom stereocenters. The van der Waals surface area contributed by atoms with Gasteiger partial charge in [0.1, 0.15) is 0 Å². The highest BCUT2D eigenvalue weighted by molar-refractivity contribution is 5.82. The van der Waals surface area contributed by atoms with Crippen molar-refractivity contribution in [2.24, 2.45) is 11.8 Å². The zero-order valence-electron chi connectivity index (χ0n) is 11.9. The molecule has 2 N–H and O–H groups in total. The molecule has 0 bridgehead atoms. The van der Waals surface area contributed by atoms with Gasteiger partial charge in [-0.3, -0.25) is 9.59 Å². The highest BCUT2D eigenvalue weighted by Crippen LogP contribution is 2.35. The molecule has 0 aliphatic heterocycles. The number of carbonyl (C=O) groups is 2. The molecule has 1 aliphatic rings. The molecule has 0 heterocycles. The maximum absolute atomic E-state index is 11.6. The van der Waals surface area contributed by atoms with Gasteiger partial charge in [-0.05, 0) is 35.1 Å². The lowest BCUT2D eigenvalue weighted by Gasteiger charge is -2.26. The van der Waals surface area contributed by atoms with Crippen molar-refractivity contribution < 1.29 is 19.8 Å². The van der Waals surface area contributed by atoms with Crippen molar-refractivity contribution >= 4 is 11.9 Å². The van der Waals surface area contributed by atoms with Crippen LogP contribution in [0.25, 0.3) is 11.1 Å². The molecule has 2 aromatic carbocycles. The lowest BCUT2D eigenvalue weighted by molar-refractivity contribution is -0.153. The second kappa shape index (κ2) is 5.64. The van der Waals surface area contributed by atoms with Gasteiger partial charge < -0.3 is 10.2 Å². The lowest BCUT2D eigenvalue weighted by Crippen LogP contribution is -2.34. The third kappa shape index (κ3) is 2.48. The summed E-state index contributed by atoms with van der Waals surface area (Å²) in [5.41, 5.74) is 3.75. The van der Waals surface area contributed by atoms with E-state index in [2.05, 4.69) is 0 Å². The number of rotatable bonds is 2. The fourth-order valence-corrected chi connectivity index (χ4v) is 3.20. The van der Waals surface area contributed by atoms with Crippen LogP contribution in [0.2, 0.25) is 0 Å². The standard InChI is InChI=1S/C18H16O4/c19-17(20)15-9-11-5-1-3-7-13(11)14-8-4-2-6-12(14)10-16(15)18(21)22/h1-8,15-16H,9-10H2,(H,19,20)(H,21,22)/t15-,16-/m0/s1. The molecule has 0 spiro atoms. The van der Waals surface area contributed by atoms with Crippen molar-refractivity contribution in [3.05, 3.63) is 59.7 Å². The third-order valence-electron chi connectivity index (χ3n) is 4.32. The normalized spacial score (nSPS) is 20.2. The van der Waals surface area contributed by atoms with Gasteiger partial charge in [0.25, 0.3) is 0 Å². The number of benzene rings is 2. The van der Waals surface area contributed by atoms with E-state index in [1.54, 1.807) is 0 Å². The van der Waals surface area contributed by atoms with E-state index in [-0.39, 0.29) is 12.8 Å². The summed E-state index contributed by atoms with van der Waals surface area (Å²) >= 11 is 0. The van der Waals surface area contributed by atoms with Crippen LogP contribution in [0, 0.1) is 11.8 Å². The molecule has 4 nitrogen and oxygen atoms in total. The van der Waals surface area contributed by atoms with Gasteiger partial charge in [0.05, 0.1) is 11.8 Å². The minimum Gasteiger partial charge on any atom is -0.481 e. The highest BCUT2D eigenvalue weighted by atomic mass is 16.4. The fraction of sp³-hybridized carbons (Fsp3) is 0.222. The van der Waals surface area contributed by atoms with Crippen molar-refractivity contribution in [3.63, 3.8) is 0 Å². The zero-order valence-corrected chi connectivity index (χ0v) is 11.9. The first-order chi connectivity index (χ1) is 10.6. The first-order valence-corrected chi connectivity index (χ1v) is 7.19. The van der Waals surface area contributed by atoms with E-state index in [1.165, 1.54) is 0 Å². The minimum atomic E-state index is -1.05. The van der Waals surface area contributed by atoms with E-state index in [1.807, 2.05) is 48.5 Å². The Hall–Kier alpha value is -2.62. The Morgan fingerprint density at radius 3 is 1.45 bits per heavy atom. The van der Waals surface area contributed by atoms with Gasteiger partial charge in [-0.25, -0.2) is 0 Å². The quantitative estimate of drug-likeness (QED) is 0.893. The maximum atomic E-state index is 11.6. The van der Waals surface area contributed by atoms with E-state index in [0.29, 0.717) is 0 Å². The van der Waals surface area contributed by atoms with Gasteiger partial charge in [-0.2, -0.15) is 0 Å². The summed E-state index contributed by atoms with van der Waals surface area (Å²) in [6.07, 6.45) is 0.466. The number of hydrogen-bond donors (Lipinski definition) is 2. The predicted octanol–water partition coefficient (Wildman–Crippen LogP) is 2.85. The topological polar surface area (TPSA) is 74.6 Å². The van der Waals surface area contributed by atoms with E-state index < -0.39 is 23.8 Å². The van der Waals surface area contributed by atoms with Gasteiger partial charge in [0.2, 0.25) is 0 Å². The van der Waals surface area contributed by atoms with Crippen LogP contribution in [-0.2, 0) is 22.4 Å². The average molecular weight is 296 g/mol. The van der Waals surface area contributed by atoms with Crippen LogP contribution in [0.15, 0.2) is 48.5 Å². The Labute approximate surface area is 128 Å². The van der Waals surface area contributed by atoms with Crippen molar-refractivity contribution in [3.8, 4) is 11.1 Å². The van der Waals surface area contributed by atoms with E-state index >= 15 is 0 Å². The van der Waals surface area contributed by atoms with Gasteiger partial charge in [0, 0.05) is 0 Å². The molecule has 3 rings (SSSR count). The van der Waals surface area contributed by atoms with Gasteiger partial charge >= 0.3 is 11.9 Å². The van der Waals surface area contributed by atoms with Gasteiger partial charge in [0.15, 0.2) is 0 Å². The van der Waals surface area contributed by atoms with Crippen LogP contribution in [-0.4, -0.2) is 22.2 Å². The van der Waals surface area contributed by atoms with Gasteiger partial charge in [-0.15, -0.1) is 0 Å². The largest absolute Gasteiger partial charge is 0.481 e. The fourth-order valence-electron chi connectivity index (χ4n) is 3.20. The Morgan fingerprint density at radius 1 is 0.727 bits per heavy atom. The Bertz CT molecular complexity index is 672. The van der Waals surface area contributed by atoms with Crippen LogP contribution in [0.3, 0.4) is 0 Å².